The highest BCUT2D eigenvalue weighted by Crippen LogP contribution is 2.24. The number of carbonyl (C=O) groups is 2. The van der Waals surface area contributed by atoms with E-state index in [9.17, 15) is 9.59 Å². The highest BCUT2D eigenvalue weighted by Gasteiger charge is 2.12. The third-order valence-electron chi connectivity index (χ3n) is 3.09. The molecule has 2 N–H and O–H groups in total. The molecule has 1 heterocycles. The van der Waals surface area contributed by atoms with Crippen LogP contribution in [0.3, 0.4) is 0 Å². The number of carboxylic acid groups (broad SMARTS) is 1. The Morgan fingerprint density at radius 2 is 2.23 bits per heavy atom. The number of amides is 1. The summed E-state index contributed by atoms with van der Waals surface area (Å²) < 4.78 is 0. The SMILES string of the molecule is CSC(C)C(=O)NCc1cccc(-c2nc(C(=O)O)cs2)c1. The van der Waals surface area contributed by atoms with E-state index in [1.165, 1.54) is 28.5 Å². The maximum Gasteiger partial charge on any atom is 0.355 e. The van der Waals surface area contributed by atoms with Gasteiger partial charge in [0.1, 0.15) is 5.01 Å². The van der Waals surface area contributed by atoms with Crippen molar-refractivity contribution in [2.45, 2.75) is 18.7 Å². The van der Waals surface area contributed by atoms with Gasteiger partial charge in [-0.2, -0.15) is 11.8 Å². The predicted molar refractivity (Wildman–Crippen MR) is 89.3 cm³/mol. The number of benzene rings is 1. The zero-order valence-corrected chi connectivity index (χ0v) is 13.8. The molecule has 0 aliphatic rings. The number of nitrogens with one attached hydrogen (secondary N) is 1. The fraction of sp³-hybridized carbons (Fsp3) is 0.267. The van der Waals surface area contributed by atoms with Crippen LogP contribution in [0.1, 0.15) is 23.0 Å². The molecule has 0 bridgehead atoms. The summed E-state index contributed by atoms with van der Waals surface area (Å²) >= 11 is 2.79. The molecular weight excluding hydrogens is 320 g/mol. The summed E-state index contributed by atoms with van der Waals surface area (Å²) in [6.45, 7) is 2.30. The van der Waals surface area contributed by atoms with E-state index in [0.717, 1.165) is 11.1 Å². The van der Waals surface area contributed by atoms with Crippen LogP contribution in [-0.4, -0.2) is 33.5 Å². The molecule has 1 amide bonds. The van der Waals surface area contributed by atoms with Gasteiger partial charge in [0.25, 0.3) is 0 Å². The summed E-state index contributed by atoms with van der Waals surface area (Å²) in [6.07, 6.45) is 1.90. The first kappa shape index (κ1) is 16.5. The number of thioether (sulfide) groups is 1. The molecule has 0 saturated carbocycles. The van der Waals surface area contributed by atoms with Gasteiger partial charge >= 0.3 is 5.97 Å². The first-order valence-corrected chi connectivity index (χ1v) is 8.76. The minimum Gasteiger partial charge on any atom is -0.476 e. The number of carboxylic acids is 1. The molecule has 2 aromatic rings. The maximum atomic E-state index is 11.8. The average Bonchev–Trinajstić information content (AvgIpc) is 3.02. The zero-order chi connectivity index (χ0) is 16.1. The van der Waals surface area contributed by atoms with Gasteiger partial charge in [0.05, 0.1) is 5.25 Å². The summed E-state index contributed by atoms with van der Waals surface area (Å²) in [7, 11) is 0. The van der Waals surface area contributed by atoms with Crippen molar-refractivity contribution < 1.29 is 14.7 Å². The second-order valence-corrected chi connectivity index (χ2v) is 6.68. The molecule has 1 aromatic heterocycles. The lowest BCUT2D eigenvalue weighted by atomic mass is 10.1. The smallest absolute Gasteiger partial charge is 0.355 e. The Morgan fingerprint density at radius 3 is 2.86 bits per heavy atom. The largest absolute Gasteiger partial charge is 0.476 e. The first-order valence-electron chi connectivity index (χ1n) is 6.60. The highest BCUT2D eigenvalue weighted by molar-refractivity contribution is 7.99. The van der Waals surface area contributed by atoms with Crippen molar-refractivity contribution >= 4 is 35.0 Å². The quantitative estimate of drug-likeness (QED) is 0.848. The number of carbonyl (C=O) groups excluding carboxylic acids is 1. The number of aromatic carboxylic acids is 1. The fourth-order valence-electron chi connectivity index (χ4n) is 1.76. The molecule has 0 spiro atoms. The van der Waals surface area contributed by atoms with Crippen LogP contribution in [0.4, 0.5) is 0 Å². The summed E-state index contributed by atoms with van der Waals surface area (Å²) in [4.78, 5) is 26.7. The third kappa shape index (κ3) is 4.08. The Hall–Kier alpha value is -1.86. The van der Waals surface area contributed by atoms with Crippen molar-refractivity contribution in [3.63, 3.8) is 0 Å². The van der Waals surface area contributed by atoms with E-state index in [1.54, 1.807) is 0 Å². The van der Waals surface area contributed by atoms with Gasteiger partial charge in [-0.3, -0.25) is 4.79 Å². The number of hydrogen-bond donors (Lipinski definition) is 2. The summed E-state index contributed by atoms with van der Waals surface area (Å²) in [6, 6.07) is 7.57. The van der Waals surface area contributed by atoms with Gasteiger partial charge in [0.15, 0.2) is 5.69 Å². The molecule has 1 unspecified atom stereocenters. The highest BCUT2D eigenvalue weighted by atomic mass is 32.2. The predicted octanol–water partition coefficient (Wildman–Crippen LogP) is 2.88. The molecular formula is C15H16N2O3S2. The number of nitrogens with zero attached hydrogens (tertiary/aromatic N) is 1. The number of thiazole rings is 1. The van der Waals surface area contributed by atoms with Crippen LogP contribution in [0.2, 0.25) is 0 Å². The van der Waals surface area contributed by atoms with Crippen molar-refractivity contribution in [2.24, 2.45) is 0 Å². The minimum absolute atomic E-state index is 0.000292. The molecule has 0 radical (unpaired) electrons. The van der Waals surface area contributed by atoms with Gasteiger partial charge in [-0.25, -0.2) is 9.78 Å². The Balaban J connectivity index is 2.09. The van der Waals surface area contributed by atoms with Crippen LogP contribution in [0.25, 0.3) is 10.6 Å². The molecule has 0 aliphatic heterocycles. The van der Waals surface area contributed by atoms with Gasteiger partial charge in [-0.1, -0.05) is 18.2 Å². The molecule has 5 nitrogen and oxygen atoms in total. The number of hydrogen-bond acceptors (Lipinski definition) is 5. The van der Waals surface area contributed by atoms with Gasteiger partial charge in [0, 0.05) is 17.5 Å². The van der Waals surface area contributed by atoms with Gasteiger partial charge in [-0.15, -0.1) is 11.3 Å². The van der Waals surface area contributed by atoms with Crippen LogP contribution in [0.5, 0.6) is 0 Å². The third-order valence-corrected chi connectivity index (χ3v) is 4.90. The standard InChI is InChI=1S/C15H16N2O3S2/c1-9(21-2)13(18)16-7-10-4-3-5-11(6-10)14-17-12(8-22-14)15(19)20/h3-6,8-9H,7H2,1-2H3,(H,16,18)(H,19,20). The van der Waals surface area contributed by atoms with E-state index in [-0.39, 0.29) is 16.9 Å². The molecule has 116 valence electrons. The normalized spacial score (nSPS) is 11.9. The first-order chi connectivity index (χ1) is 10.5. The van der Waals surface area contributed by atoms with Gasteiger partial charge < -0.3 is 10.4 Å². The van der Waals surface area contributed by atoms with E-state index in [2.05, 4.69) is 10.3 Å². The van der Waals surface area contributed by atoms with E-state index < -0.39 is 5.97 Å². The molecule has 1 atom stereocenters. The second kappa shape index (κ2) is 7.42. The number of rotatable bonds is 6. The molecule has 0 fully saturated rings. The Bertz CT molecular complexity index is 685. The number of aromatic nitrogens is 1. The van der Waals surface area contributed by atoms with Crippen LogP contribution in [0.15, 0.2) is 29.6 Å². The molecule has 1 aromatic carbocycles. The summed E-state index contributed by atoms with van der Waals surface area (Å²) in [5.74, 6) is -1.03. The van der Waals surface area contributed by atoms with Crippen molar-refractivity contribution in [3.8, 4) is 10.6 Å². The van der Waals surface area contributed by atoms with Crippen LogP contribution < -0.4 is 5.32 Å². The Kier molecular flexibility index (Phi) is 5.57. The molecule has 0 saturated heterocycles. The van der Waals surface area contributed by atoms with Crippen molar-refractivity contribution in [1.29, 1.82) is 0 Å². The Labute approximate surface area is 136 Å². The van der Waals surface area contributed by atoms with Crippen molar-refractivity contribution in [1.82, 2.24) is 10.3 Å². The average molecular weight is 336 g/mol. The van der Waals surface area contributed by atoms with E-state index in [4.69, 9.17) is 5.11 Å². The van der Waals surface area contributed by atoms with Gasteiger partial charge in [-0.05, 0) is 24.8 Å². The van der Waals surface area contributed by atoms with Crippen LogP contribution in [-0.2, 0) is 11.3 Å². The minimum atomic E-state index is -1.03. The van der Waals surface area contributed by atoms with Crippen LogP contribution in [0, 0.1) is 0 Å². The maximum absolute atomic E-state index is 11.8. The van der Waals surface area contributed by atoms with Crippen molar-refractivity contribution in [2.75, 3.05) is 6.26 Å². The lowest BCUT2D eigenvalue weighted by molar-refractivity contribution is -0.120. The lowest BCUT2D eigenvalue weighted by Crippen LogP contribution is -2.30. The Morgan fingerprint density at radius 1 is 1.45 bits per heavy atom. The molecule has 22 heavy (non-hydrogen) atoms. The van der Waals surface area contributed by atoms with E-state index in [1.807, 2.05) is 37.4 Å². The lowest BCUT2D eigenvalue weighted by Gasteiger charge is -2.10. The molecule has 2 rings (SSSR count). The molecule has 0 aliphatic carbocycles. The van der Waals surface area contributed by atoms with E-state index in [0.29, 0.717) is 11.6 Å². The van der Waals surface area contributed by atoms with Crippen LogP contribution >= 0.6 is 23.1 Å². The summed E-state index contributed by atoms with van der Waals surface area (Å²) in [5, 5.41) is 13.9. The topological polar surface area (TPSA) is 79.3 Å². The molecule has 7 heteroatoms. The van der Waals surface area contributed by atoms with Crippen molar-refractivity contribution in [3.05, 3.63) is 40.9 Å². The van der Waals surface area contributed by atoms with E-state index >= 15 is 0 Å². The second-order valence-electron chi connectivity index (χ2n) is 4.64. The summed E-state index contributed by atoms with van der Waals surface area (Å²) in [5.41, 5.74) is 1.85. The zero-order valence-electron chi connectivity index (χ0n) is 12.2. The fourth-order valence-corrected chi connectivity index (χ4v) is 2.85. The van der Waals surface area contributed by atoms with Gasteiger partial charge in [0.2, 0.25) is 5.91 Å². The monoisotopic (exact) mass is 336 g/mol.